The zero-order valence-corrected chi connectivity index (χ0v) is 15.4. The first kappa shape index (κ1) is 19.9. The Labute approximate surface area is 167 Å². The maximum atomic E-state index is 12.5. The summed E-state index contributed by atoms with van der Waals surface area (Å²) in [7, 11) is 0. The lowest BCUT2D eigenvalue weighted by Crippen LogP contribution is -2.04. The van der Waals surface area contributed by atoms with Crippen LogP contribution in [0.25, 0.3) is 16.8 Å². The quantitative estimate of drug-likeness (QED) is 0.320. The molecule has 10 heteroatoms. The van der Waals surface area contributed by atoms with Crippen LogP contribution in [-0.4, -0.2) is 16.5 Å². The number of alkyl halides is 2. The smallest absolute Gasteiger partial charge is 0.387 e. The molecule has 2 aromatic carbocycles. The van der Waals surface area contributed by atoms with Gasteiger partial charge < -0.3 is 10.1 Å². The second-order valence-electron chi connectivity index (χ2n) is 5.53. The topological polar surface area (TPSA) is 101 Å². The van der Waals surface area contributed by atoms with Crippen molar-refractivity contribution in [2.75, 3.05) is 5.32 Å². The van der Waals surface area contributed by atoms with Crippen LogP contribution in [0.2, 0.25) is 0 Å². The molecule has 146 valence electrons. The highest BCUT2D eigenvalue weighted by Gasteiger charge is 2.13. The van der Waals surface area contributed by atoms with Gasteiger partial charge in [0.2, 0.25) is 0 Å². The summed E-state index contributed by atoms with van der Waals surface area (Å²) >= 11 is 1.18. The number of nitro groups is 1. The van der Waals surface area contributed by atoms with Gasteiger partial charge in [-0.3, -0.25) is 10.1 Å². The summed E-state index contributed by atoms with van der Waals surface area (Å²) in [6, 6.07) is 14.1. The molecule has 0 spiro atoms. The van der Waals surface area contributed by atoms with Crippen LogP contribution in [0.5, 0.6) is 5.75 Å². The summed E-state index contributed by atoms with van der Waals surface area (Å²) < 4.78 is 29.4. The van der Waals surface area contributed by atoms with E-state index in [4.69, 9.17) is 0 Å². The van der Waals surface area contributed by atoms with Gasteiger partial charge in [0.25, 0.3) is 5.69 Å². The molecule has 0 saturated carbocycles. The van der Waals surface area contributed by atoms with Crippen LogP contribution in [0.15, 0.2) is 60.1 Å². The van der Waals surface area contributed by atoms with Gasteiger partial charge in [-0.25, -0.2) is 4.98 Å². The molecule has 1 heterocycles. The number of nitrogens with one attached hydrogen (secondary N) is 1. The number of benzene rings is 2. The van der Waals surface area contributed by atoms with E-state index in [9.17, 15) is 24.2 Å². The first-order valence-electron chi connectivity index (χ1n) is 8.09. The first-order valence-corrected chi connectivity index (χ1v) is 8.97. The third-order valence-electron chi connectivity index (χ3n) is 3.68. The van der Waals surface area contributed by atoms with Crippen molar-refractivity contribution in [3.8, 4) is 23.1 Å². The second-order valence-corrected chi connectivity index (χ2v) is 6.39. The largest absolute Gasteiger partial charge is 0.433 e. The highest BCUT2D eigenvalue weighted by Crippen LogP contribution is 2.29. The van der Waals surface area contributed by atoms with E-state index in [0.717, 1.165) is 0 Å². The summed E-state index contributed by atoms with van der Waals surface area (Å²) in [5.41, 5.74) is 1.39. The summed E-state index contributed by atoms with van der Waals surface area (Å²) in [5.74, 6) is -0.0625. The number of nitrogens with zero attached hydrogens (tertiary/aromatic N) is 3. The predicted molar refractivity (Wildman–Crippen MR) is 104 cm³/mol. The van der Waals surface area contributed by atoms with E-state index in [1.54, 1.807) is 29.6 Å². The van der Waals surface area contributed by atoms with Crippen molar-refractivity contribution in [1.82, 2.24) is 4.98 Å². The van der Waals surface area contributed by atoms with Crippen LogP contribution in [0.3, 0.4) is 0 Å². The fourth-order valence-corrected chi connectivity index (χ4v) is 3.18. The molecular formula is C19H12F2N4O3S. The van der Waals surface area contributed by atoms with E-state index in [-0.39, 0.29) is 22.7 Å². The van der Waals surface area contributed by atoms with Gasteiger partial charge in [-0.1, -0.05) is 24.3 Å². The lowest BCUT2D eigenvalue weighted by molar-refractivity contribution is -0.384. The van der Waals surface area contributed by atoms with E-state index in [2.05, 4.69) is 15.0 Å². The number of hydrogen-bond donors (Lipinski definition) is 1. The minimum Gasteiger partial charge on any atom is -0.433 e. The fraction of sp³-hybridized carbons (Fsp3) is 0.0526. The van der Waals surface area contributed by atoms with Crippen molar-refractivity contribution in [1.29, 1.82) is 5.26 Å². The van der Waals surface area contributed by atoms with Crippen LogP contribution >= 0.6 is 11.3 Å². The lowest BCUT2D eigenvalue weighted by Gasteiger charge is -2.10. The van der Waals surface area contributed by atoms with Crippen molar-refractivity contribution < 1.29 is 18.4 Å². The standard InChI is InChI=1S/C19H12F2N4O3S/c20-19(21)28-17-7-2-1-6-15(17)23-10-13(9-22)18-24-16(11-29-18)12-4-3-5-14(8-12)25(26)27/h1-8,10-11,19,23H. The highest BCUT2D eigenvalue weighted by molar-refractivity contribution is 7.11. The monoisotopic (exact) mass is 414 g/mol. The molecule has 0 aliphatic rings. The Hall–Kier alpha value is -3.84. The lowest BCUT2D eigenvalue weighted by atomic mass is 10.1. The minimum atomic E-state index is -2.98. The number of anilines is 1. The van der Waals surface area contributed by atoms with Gasteiger partial charge in [-0.15, -0.1) is 11.3 Å². The molecule has 0 fully saturated rings. The molecule has 0 bridgehead atoms. The number of thiazole rings is 1. The minimum absolute atomic E-state index is 0.0625. The van der Waals surface area contributed by atoms with Crippen LogP contribution in [0, 0.1) is 21.4 Å². The first-order chi connectivity index (χ1) is 14.0. The van der Waals surface area contributed by atoms with Gasteiger partial charge in [0.05, 0.1) is 16.3 Å². The van der Waals surface area contributed by atoms with Gasteiger partial charge in [-0.2, -0.15) is 14.0 Å². The van der Waals surface area contributed by atoms with Gasteiger partial charge in [0.1, 0.15) is 22.4 Å². The number of hydrogen-bond acceptors (Lipinski definition) is 7. The van der Waals surface area contributed by atoms with Crippen LogP contribution in [0.4, 0.5) is 20.2 Å². The third-order valence-corrected chi connectivity index (χ3v) is 4.56. The Morgan fingerprint density at radius 3 is 2.83 bits per heavy atom. The average molecular weight is 414 g/mol. The zero-order chi connectivity index (χ0) is 20.8. The van der Waals surface area contributed by atoms with E-state index in [1.807, 2.05) is 6.07 Å². The highest BCUT2D eigenvalue weighted by atomic mass is 32.1. The molecule has 0 atom stereocenters. The second kappa shape index (κ2) is 8.90. The number of non-ortho nitro benzene ring substituents is 1. The van der Waals surface area contributed by atoms with E-state index >= 15 is 0 Å². The SMILES string of the molecule is N#CC(=CNc1ccccc1OC(F)F)c1nc(-c2cccc([N+](=O)[O-])c2)cs1. The molecule has 29 heavy (non-hydrogen) atoms. The number of halogens is 2. The van der Waals surface area contributed by atoms with Crippen molar-refractivity contribution in [3.05, 3.63) is 75.2 Å². The van der Waals surface area contributed by atoms with Crippen LogP contribution in [0.1, 0.15) is 5.01 Å². The van der Waals surface area contributed by atoms with Crippen molar-refractivity contribution >= 4 is 28.3 Å². The predicted octanol–water partition coefficient (Wildman–Crippen LogP) is 5.30. The number of ether oxygens (including phenoxy) is 1. The van der Waals surface area contributed by atoms with Gasteiger partial charge in [0, 0.05) is 29.3 Å². The average Bonchev–Trinajstić information content (AvgIpc) is 3.19. The third kappa shape index (κ3) is 4.91. The Morgan fingerprint density at radius 2 is 2.10 bits per heavy atom. The van der Waals surface area contributed by atoms with Gasteiger partial charge in [-0.05, 0) is 12.1 Å². The molecule has 0 unspecified atom stereocenters. The van der Waals surface area contributed by atoms with Crippen LogP contribution in [-0.2, 0) is 0 Å². The molecule has 1 N–H and O–H groups in total. The summed E-state index contributed by atoms with van der Waals surface area (Å²) in [6.07, 6.45) is 1.34. The fourth-order valence-electron chi connectivity index (χ4n) is 2.39. The maximum absolute atomic E-state index is 12.5. The zero-order valence-electron chi connectivity index (χ0n) is 14.6. The molecule has 0 saturated heterocycles. The molecule has 7 nitrogen and oxygen atoms in total. The van der Waals surface area contributed by atoms with E-state index < -0.39 is 11.5 Å². The number of para-hydroxylation sites is 2. The van der Waals surface area contributed by atoms with Crippen molar-refractivity contribution in [2.24, 2.45) is 0 Å². The number of aromatic nitrogens is 1. The Morgan fingerprint density at radius 1 is 1.31 bits per heavy atom. The van der Waals surface area contributed by atoms with E-state index in [0.29, 0.717) is 16.3 Å². The number of nitriles is 1. The van der Waals surface area contributed by atoms with Gasteiger partial charge in [0.15, 0.2) is 0 Å². The van der Waals surface area contributed by atoms with Crippen molar-refractivity contribution in [2.45, 2.75) is 6.61 Å². The summed E-state index contributed by atoms with van der Waals surface area (Å²) in [6.45, 7) is -2.98. The number of allylic oxidation sites excluding steroid dienone is 1. The maximum Gasteiger partial charge on any atom is 0.387 e. The molecular weight excluding hydrogens is 402 g/mol. The molecule has 0 aliphatic carbocycles. The summed E-state index contributed by atoms with van der Waals surface area (Å²) in [5, 5.41) is 25.2. The Bertz CT molecular complexity index is 1110. The van der Waals surface area contributed by atoms with Crippen molar-refractivity contribution in [3.63, 3.8) is 0 Å². The molecule has 3 aromatic rings. The van der Waals surface area contributed by atoms with E-state index in [1.165, 1.54) is 41.8 Å². The molecule has 0 amide bonds. The molecule has 0 aliphatic heterocycles. The number of rotatable bonds is 7. The molecule has 1 aromatic heterocycles. The van der Waals surface area contributed by atoms with Crippen LogP contribution < -0.4 is 10.1 Å². The molecule has 0 radical (unpaired) electrons. The normalized spacial score (nSPS) is 11.2. The Kier molecular flexibility index (Phi) is 6.11. The summed E-state index contributed by atoms with van der Waals surface area (Å²) in [4.78, 5) is 14.8. The Balaban J connectivity index is 1.84. The van der Waals surface area contributed by atoms with Gasteiger partial charge >= 0.3 is 6.61 Å². The number of nitro benzene ring substituents is 1. The molecule has 3 rings (SSSR count).